The largest absolute Gasteiger partial charge is 0.398 e. The molecule has 0 bridgehead atoms. The van der Waals surface area contributed by atoms with E-state index in [1.807, 2.05) is 0 Å². The molecule has 1 aromatic heterocycles. The van der Waals surface area contributed by atoms with Crippen LogP contribution in [0.3, 0.4) is 0 Å². The van der Waals surface area contributed by atoms with Crippen molar-refractivity contribution >= 4 is 27.5 Å². The maximum atomic E-state index is 12.4. The van der Waals surface area contributed by atoms with E-state index in [0.717, 1.165) is 17.9 Å². The minimum Gasteiger partial charge on any atom is -0.398 e. The van der Waals surface area contributed by atoms with Gasteiger partial charge in [0.05, 0.1) is 5.69 Å². The normalized spacial score (nSPS) is 18.8. The van der Waals surface area contributed by atoms with E-state index in [1.54, 1.807) is 11.8 Å². The molecule has 7 heteroatoms. The molecule has 1 aliphatic heterocycles. The van der Waals surface area contributed by atoms with Crippen LogP contribution in [-0.2, 0) is 10.0 Å². The second-order valence-corrected chi connectivity index (χ2v) is 6.91. The number of nitrogens with two attached hydrogens (primary N) is 1. The highest BCUT2D eigenvalue weighted by Crippen LogP contribution is 2.23. The van der Waals surface area contributed by atoms with E-state index in [4.69, 9.17) is 5.73 Å². The van der Waals surface area contributed by atoms with Gasteiger partial charge in [-0.3, -0.25) is 4.98 Å². The molecular formula is C10H15N3O2S2. The van der Waals surface area contributed by atoms with Crippen LogP contribution in [-0.4, -0.2) is 42.3 Å². The van der Waals surface area contributed by atoms with Gasteiger partial charge in [0, 0.05) is 31.2 Å². The average molecular weight is 273 g/mol. The standard InChI is InChI=1S/C10H15N3O2S2/c11-9-2-3-12-8-10(9)17(14,15)13-4-1-6-16-7-5-13/h2-3,8H,1,4-7H2,(H2,11,12). The van der Waals surface area contributed by atoms with Crippen molar-refractivity contribution in [3.63, 3.8) is 0 Å². The number of hydrogen-bond acceptors (Lipinski definition) is 5. The molecular weight excluding hydrogens is 258 g/mol. The number of hydrogen-bond donors (Lipinski definition) is 1. The van der Waals surface area contributed by atoms with E-state index in [1.165, 1.54) is 22.8 Å². The van der Waals surface area contributed by atoms with Crippen LogP contribution in [0.2, 0.25) is 0 Å². The molecule has 0 aromatic carbocycles. The molecule has 0 radical (unpaired) electrons. The summed E-state index contributed by atoms with van der Waals surface area (Å²) in [6.07, 6.45) is 3.69. The second kappa shape index (κ2) is 5.24. The van der Waals surface area contributed by atoms with Gasteiger partial charge in [-0.15, -0.1) is 0 Å². The van der Waals surface area contributed by atoms with Crippen molar-refractivity contribution in [3.05, 3.63) is 18.5 Å². The highest BCUT2D eigenvalue weighted by Gasteiger charge is 2.27. The zero-order valence-electron chi connectivity index (χ0n) is 9.37. The van der Waals surface area contributed by atoms with Crippen LogP contribution >= 0.6 is 11.8 Å². The molecule has 0 atom stereocenters. The monoisotopic (exact) mass is 273 g/mol. The Kier molecular flexibility index (Phi) is 3.90. The SMILES string of the molecule is Nc1ccncc1S(=O)(=O)N1CCCSCC1. The molecule has 0 aliphatic carbocycles. The molecule has 1 fully saturated rings. The predicted molar refractivity (Wildman–Crippen MR) is 69.4 cm³/mol. The van der Waals surface area contributed by atoms with Gasteiger partial charge in [-0.1, -0.05) is 0 Å². The Morgan fingerprint density at radius 3 is 2.94 bits per heavy atom. The molecule has 0 unspecified atom stereocenters. The van der Waals surface area contributed by atoms with E-state index in [0.29, 0.717) is 13.1 Å². The highest BCUT2D eigenvalue weighted by atomic mass is 32.2. The minimum atomic E-state index is -3.48. The number of aromatic nitrogens is 1. The van der Waals surface area contributed by atoms with Crippen molar-refractivity contribution < 1.29 is 8.42 Å². The summed E-state index contributed by atoms with van der Waals surface area (Å²) < 4.78 is 26.2. The van der Waals surface area contributed by atoms with Crippen molar-refractivity contribution in [2.45, 2.75) is 11.3 Å². The lowest BCUT2D eigenvalue weighted by Crippen LogP contribution is -2.33. The molecule has 17 heavy (non-hydrogen) atoms. The fraction of sp³-hybridized carbons (Fsp3) is 0.500. The summed E-state index contributed by atoms with van der Waals surface area (Å²) >= 11 is 1.78. The summed E-state index contributed by atoms with van der Waals surface area (Å²) in [5.74, 6) is 1.84. The Morgan fingerprint density at radius 1 is 1.35 bits per heavy atom. The fourth-order valence-electron chi connectivity index (χ4n) is 1.71. The third kappa shape index (κ3) is 2.72. The molecule has 2 heterocycles. The number of pyridine rings is 1. The van der Waals surface area contributed by atoms with Gasteiger partial charge in [-0.2, -0.15) is 16.1 Å². The van der Waals surface area contributed by atoms with Crippen molar-refractivity contribution in [1.82, 2.24) is 9.29 Å². The summed E-state index contributed by atoms with van der Waals surface area (Å²) in [5.41, 5.74) is 5.96. The second-order valence-electron chi connectivity index (χ2n) is 3.78. The van der Waals surface area contributed by atoms with E-state index >= 15 is 0 Å². The quantitative estimate of drug-likeness (QED) is 0.862. The lowest BCUT2D eigenvalue weighted by atomic mass is 10.4. The van der Waals surface area contributed by atoms with Crippen molar-refractivity contribution in [2.75, 3.05) is 30.3 Å². The van der Waals surface area contributed by atoms with Gasteiger partial charge in [0.15, 0.2) is 0 Å². The first-order chi connectivity index (χ1) is 8.12. The van der Waals surface area contributed by atoms with Crippen molar-refractivity contribution in [3.8, 4) is 0 Å². The third-order valence-electron chi connectivity index (χ3n) is 2.62. The Bertz CT molecular complexity index is 482. The van der Waals surface area contributed by atoms with Gasteiger partial charge >= 0.3 is 0 Å². The van der Waals surface area contributed by atoms with Gasteiger partial charge in [-0.25, -0.2) is 8.42 Å². The van der Waals surface area contributed by atoms with E-state index in [-0.39, 0.29) is 10.6 Å². The molecule has 1 aromatic rings. The van der Waals surface area contributed by atoms with Crippen LogP contribution in [0.5, 0.6) is 0 Å². The van der Waals surface area contributed by atoms with Crippen LogP contribution in [0.25, 0.3) is 0 Å². The maximum Gasteiger partial charge on any atom is 0.246 e. The third-order valence-corrected chi connectivity index (χ3v) is 5.61. The molecule has 2 N–H and O–H groups in total. The van der Waals surface area contributed by atoms with Crippen LogP contribution in [0.15, 0.2) is 23.4 Å². The number of rotatable bonds is 2. The number of thioether (sulfide) groups is 1. The molecule has 94 valence electrons. The first-order valence-corrected chi connectivity index (χ1v) is 7.99. The predicted octanol–water partition coefficient (Wildman–Crippen LogP) is 0.791. The zero-order valence-corrected chi connectivity index (χ0v) is 11.0. The number of nitrogen functional groups attached to an aromatic ring is 1. The minimum absolute atomic E-state index is 0.118. The number of nitrogens with zero attached hydrogens (tertiary/aromatic N) is 2. The molecule has 1 saturated heterocycles. The summed E-state index contributed by atoms with van der Waals surface area (Å²) in [6, 6.07) is 1.51. The van der Waals surface area contributed by atoms with Crippen molar-refractivity contribution in [1.29, 1.82) is 0 Å². The maximum absolute atomic E-state index is 12.4. The molecule has 2 rings (SSSR count). The highest BCUT2D eigenvalue weighted by molar-refractivity contribution is 7.99. The summed E-state index contributed by atoms with van der Waals surface area (Å²) in [4.78, 5) is 3.96. The Labute approximate surface area is 105 Å². The van der Waals surface area contributed by atoms with Gasteiger partial charge < -0.3 is 5.73 Å². The first kappa shape index (κ1) is 12.7. The Hall–Kier alpha value is -0.790. The van der Waals surface area contributed by atoms with Gasteiger partial charge in [-0.05, 0) is 18.2 Å². The fourth-order valence-corrected chi connectivity index (χ4v) is 4.25. The van der Waals surface area contributed by atoms with Gasteiger partial charge in [0.25, 0.3) is 0 Å². The molecule has 0 saturated carbocycles. The van der Waals surface area contributed by atoms with Crippen LogP contribution < -0.4 is 5.73 Å². The Balaban J connectivity index is 2.32. The van der Waals surface area contributed by atoms with Crippen LogP contribution in [0, 0.1) is 0 Å². The molecule has 1 aliphatic rings. The molecule has 0 amide bonds. The molecule has 0 spiro atoms. The lowest BCUT2D eigenvalue weighted by Gasteiger charge is -2.20. The van der Waals surface area contributed by atoms with Gasteiger partial charge in [0.1, 0.15) is 4.90 Å². The lowest BCUT2D eigenvalue weighted by molar-refractivity contribution is 0.435. The molecule has 5 nitrogen and oxygen atoms in total. The van der Waals surface area contributed by atoms with E-state index < -0.39 is 10.0 Å². The Morgan fingerprint density at radius 2 is 2.18 bits per heavy atom. The number of anilines is 1. The zero-order chi connectivity index (χ0) is 12.3. The van der Waals surface area contributed by atoms with Crippen LogP contribution in [0.4, 0.5) is 5.69 Å². The van der Waals surface area contributed by atoms with Crippen LogP contribution in [0.1, 0.15) is 6.42 Å². The number of sulfonamides is 1. The smallest absolute Gasteiger partial charge is 0.246 e. The van der Waals surface area contributed by atoms with Crippen molar-refractivity contribution in [2.24, 2.45) is 0 Å². The average Bonchev–Trinajstić information content (AvgIpc) is 2.58. The summed E-state index contributed by atoms with van der Waals surface area (Å²) in [7, 11) is -3.48. The van der Waals surface area contributed by atoms with Gasteiger partial charge in [0.2, 0.25) is 10.0 Å². The first-order valence-electron chi connectivity index (χ1n) is 5.40. The van der Waals surface area contributed by atoms with E-state index in [2.05, 4.69) is 4.98 Å². The van der Waals surface area contributed by atoms with E-state index in [9.17, 15) is 8.42 Å². The summed E-state index contributed by atoms with van der Waals surface area (Å²) in [6.45, 7) is 1.10. The summed E-state index contributed by atoms with van der Waals surface area (Å²) in [5, 5.41) is 0. The topological polar surface area (TPSA) is 76.3 Å².